The molecule has 0 aliphatic carbocycles. The molecule has 0 saturated carbocycles. The summed E-state index contributed by atoms with van der Waals surface area (Å²) in [6, 6.07) is 1.23. The van der Waals surface area contributed by atoms with Crippen LogP contribution < -0.4 is 16.4 Å². The number of nitrogens with one attached hydrogen (secondary N) is 2. The Hall–Kier alpha value is -1.93. The number of carbonyl (C=O) groups excluding carboxylic acids is 2. The summed E-state index contributed by atoms with van der Waals surface area (Å²) < 4.78 is 5.06. The number of anilines is 1. The van der Waals surface area contributed by atoms with Crippen molar-refractivity contribution in [3.05, 3.63) is 11.8 Å². The Labute approximate surface area is 123 Å². The topological polar surface area (TPSA) is 113 Å². The van der Waals surface area contributed by atoms with E-state index in [1.165, 1.54) is 0 Å². The van der Waals surface area contributed by atoms with E-state index < -0.39 is 11.9 Å². The monoisotopic (exact) mass is 295 g/mol. The molecule has 1 aliphatic heterocycles. The standard InChI is InChI=1S/C13H21N5O3/c1-8(2)9-5-12(21-17-9)16-11(19)7-18-4-3-15-6-10(18)13(14)20/h5,8,10,15H,3-4,6-7H2,1-2H3,(H2,14,20)(H,16,19). The van der Waals surface area contributed by atoms with Gasteiger partial charge in [0, 0.05) is 25.7 Å². The summed E-state index contributed by atoms with van der Waals surface area (Å²) in [4.78, 5) is 25.1. The molecule has 1 saturated heterocycles. The zero-order valence-corrected chi connectivity index (χ0v) is 12.3. The molecule has 21 heavy (non-hydrogen) atoms. The maximum Gasteiger partial charge on any atom is 0.240 e. The number of primary amides is 1. The molecule has 0 bridgehead atoms. The molecule has 2 amide bonds. The molecule has 0 aromatic carbocycles. The largest absolute Gasteiger partial charge is 0.368 e. The first-order valence-electron chi connectivity index (χ1n) is 6.98. The van der Waals surface area contributed by atoms with E-state index in [1.807, 2.05) is 13.8 Å². The first kappa shape index (κ1) is 15.5. The van der Waals surface area contributed by atoms with E-state index in [0.717, 1.165) is 12.2 Å². The van der Waals surface area contributed by atoms with Crippen LogP contribution in [0.25, 0.3) is 0 Å². The third-order valence-corrected chi connectivity index (χ3v) is 3.41. The molecule has 1 aliphatic rings. The second kappa shape index (κ2) is 6.68. The average Bonchev–Trinajstić information content (AvgIpc) is 2.87. The van der Waals surface area contributed by atoms with Crippen molar-refractivity contribution in [1.29, 1.82) is 0 Å². The van der Waals surface area contributed by atoms with Gasteiger partial charge in [-0.15, -0.1) is 0 Å². The zero-order chi connectivity index (χ0) is 15.4. The second-order valence-corrected chi connectivity index (χ2v) is 5.41. The highest BCUT2D eigenvalue weighted by Crippen LogP contribution is 2.17. The van der Waals surface area contributed by atoms with Crippen LogP contribution in [0.2, 0.25) is 0 Å². The van der Waals surface area contributed by atoms with E-state index in [4.69, 9.17) is 10.3 Å². The van der Waals surface area contributed by atoms with Gasteiger partial charge in [-0.2, -0.15) is 0 Å². The highest BCUT2D eigenvalue weighted by atomic mass is 16.5. The Morgan fingerprint density at radius 1 is 1.62 bits per heavy atom. The van der Waals surface area contributed by atoms with Gasteiger partial charge in [-0.25, -0.2) is 0 Å². The summed E-state index contributed by atoms with van der Waals surface area (Å²) in [5.74, 6) is -0.146. The fourth-order valence-corrected chi connectivity index (χ4v) is 2.20. The van der Waals surface area contributed by atoms with Gasteiger partial charge < -0.3 is 15.6 Å². The van der Waals surface area contributed by atoms with E-state index in [-0.39, 0.29) is 18.4 Å². The van der Waals surface area contributed by atoms with E-state index >= 15 is 0 Å². The predicted molar refractivity (Wildman–Crippen MR) is 76.6 cm³/mol. The maximum atomic E-state index is 12.0. The van der Waals surface area contributed by atoms with Crippen molar-refractivity contribution < 1.29 is 14.1 Å². The molecule has 8 heteroatoms. The summed E-state index contributed by atoms with van der Waals surface area (Å²) >= 11 is 0. The minimum Gasteiger partial charge on any atom is -0.368 e. The van der Waals surface area contributed by atoms with E-state index in [9.17, 15) is 9.59 Å². The van der Waals surface area contributed by atoms with Crippen molar-refractivity contribution in [1.82, 2.24) is 15.4 Å². The number of piperazine rings is 1. The Bertz CT molecular complexity index is 514. The minimum absolute atomic E-state index is 0.0903. The van der Waals surface area contributed by atoms with Gasteiger partial charge in [0.2, 0.25) is 17.7 Å². The summed E-state index contributed by atoms with van der Waals surface area (Å²) in [7, 11) is 0. The van der Waals surface area contributed by atoms with E-state index in [0.29, 0.717) is 19.0 Å². The van der Waals surface area contributed by atoms with Gasteiger partial charge in [0.05, 0.1) is 12.2 Å². The molecular formula is C13H21N5O3. The van der Waals surface area contributed by atoms with E-state index in [1.54, 1.807) is 11.0 Å². The lowest BCUT2D eigenvalue weighted by atomic mass is 10.1. The number of nitrogens with two attached hydrogens (primary N) is 1. The summed E-state index contributed by atoms with van der Waals surface area (Å²) in [5, 5.41) is 9.60. The number of hydrogen-bond acceptors (Lipinski definition) is 6. The Balaban J connectivity index is 1.92. The van der Waals surface area contributed by atoms with Gasteiger partial charge in [0.1, 0.15) is 6.04 Å². The minimum atomic E-state index is -0.467. The average molecular weight is 295 g/mol. The summed E-state index contributed by atoms with van der Waals surface area (Å²) in [6.45, 7) is 5.84. The summed E-state index contributed by atoms with van der Waals surface area (Å²) in [6.07, 6.45) is 0. The van der Waals surface area contributed by atoms with Crippen molar-refractivity contribution in [2.75, 3.05) is 31.5 Å². The lowest BCUT2D eigenvalue weighted by Crippen LogP contribution is -2.58. The smallest absolute Gasteiger partial charge is 0.240 e. The predicted octanol–water partition coefficient (Wildman–Crippen LogP) is -0.504. The molecule has 116 valence electrons. The molecule has 8 nitrogen and oxygen atoms in total. The second-order valence-electron chi connectivity index (χ2n) is 5.41. The number of carbonyl (C=O) groups is 2. The third kappa shape index (κ3) is 4.02. The molecule has 0 radical (unpaired) electrons. The van der Waals surface area contributed by atoms with Crippen LogP contribution in [0.4, 0.5) is 5.88 Å². The molecule has 0 spiro atoms. The van der Waals surface area contributed by atoms with Crippen molar-refractivity contribution in [2.45, 2.75) is 25.8 Å². The van der Waals surface area contributed by atoms with Crippen LogP contribution in [-0.4, -0.2) is 54.1 Å². The Morgan fingerprint density at radius 3 is 3.00 bits per heavy atom. The van der Waals surface area contributed by atoms with Gasteiger partial charge in [-0.05, 0) is 5.92 Å². The number of aromatic nitrogens is 1. The van der Waals surface area contributed by atoms with Gasteiger partial charge >= 0.3 is 0 Å². The quantitative estimate of drug-likeness (QED) is 0.674. The number of nitrogens with zero attached hydrogens (tertiary/aromatic N) is 2. The Kier molecular flexibility index (Phi) is 4.92. The van der Waals surface area contributed by atoms with Crippen LogP contribution >= 0.6 is 0 Å². The van der Waals surface area contributed by atoms with Crippen molar-refractivity contribution in [3.63, 3.8) is 0 Å². The third-order valence-electron chi connectivity index (χ3n) is 3.41. The molecule has 1 fully saturated rings. The van der Waals surface area contributed by atoms with Gasteiger partial charge in [-0.3, -0.25) is 19.8 Å². The summed E-state index contributed by atoms with van der Waals surface area (Å²) in [5.41, 5.74) is 6.12. The Morgan fingerprint density at radius 2 is 2.38 bits per heavy atom. The molecular weight excluding hydrogens is 274 g/mol. The van der Waals surface area contributed by atoms with Gasteiger partial charge in [0.15, 0.2) is 0 Å². The molecule has 1 unspecified atom stereocenters. The molecule has 2 rings (SSSR count). The van der Waals surface area contributed by atoms with Crippen LogP contribution in [0.3, 0.4) is 0 Å². The van der Waals surface area contributed by atoms with Gasteiger partial charge in [0.25, 0.3) is 0 Å². The first-order valence-corrected chi connectivity index (χ1v) is 6.98. The van der Waals surface area contributed by atoms with Crippen molar-refractivity contribution in [3.8, 4) is 0 Å². The number of amides is 2. The molecule has 4 N–H and O–H groups in total. The highest BCUT2D eigenvalue weighted by molar-refractivity contribution is 5.91. The number of hydrogen-bond donors (Lipinski definition) is 3. The molecule has 1 aromatic heterocycles. The lowest BCUT2D eigenvalue weighted by Gasteiger charge is -2.33. The first-order chi connectivity index (χ1) is 9.97. The normalized spacial score (nSPS) is 19.7. The molecule has 1 aromatic rings. The van der Waals surface area contributed by atoms with Crippen LogP contribution in [0.5, 0.6) is 0 Å². The van der Waals surface area contributed by atoms with Crippen LogP contribution in [0.15, 0.2) is 10.6 Å². The highest BCUT2D eigenvalue weighted by Gasteiger charge is 2.28. The zero-order valence-electron chi connectivity index (χ0n) is 12.3. The molecule has 1 atom stereocenters. The van der Waals surface area contributed by atoms with E-state index in [2.05, 4.69) is 15.8 Å². The van der Waals surface area contributed by atoms with Crippen molar-refractivity contribution in [2.24, 2.45) is 5.73 Å². The van der Waals surface area contributed by atoms with Crippen LogP contribution in [-0.2, 0) is 9.59 Å². The SMILES string of the molecule is CC(C)c1cc(NC(=O)CN2CCNCC2C(N)=O)on1. The van der Waals surface area contributed by atoms with Crippen molar-refractivity contribution >= 4 is 17.7 Å². The van der Waals surface area contributed by atoms with Crippen LogP contribution in [0.1, 0.15) is 25.5 Å². The molecule has 2 heterocycles. The number of rotatable bonds is 5. The maximum absolute atomic E-state index is 12.0. The fourth-order valence-electron chi connectivity index (χ4n) is 2.20. The fraction of sp³-hybridized carbons (Fsp3) is 0.615. The van der Waals surface area contributed by atoms with Gasteiger partial charge in [-0.1, -0.05) is 19.0 Å². The van der Waals surface area contributed by atoms with Crippen LogP contribution in [0, 0.1) is 0 Å². The lowest BCUT2D eigenvalue weighted by molar-refractivity contribution is -0.125.